The average Bonchev–Trinajstić information content (AvgIpc) is 2.36. The van der Waals surface area contributed by atoms with Crippen molar-refractivity contribution in [2.24, 2.45) is 0 Å². The minimum atomic E-state index is -0.200. The van der Waals surface area contributed by atoms with Crippen LogP contribution in [0.25, 0.3) is 0 Å². The van der Waals surface area contributed by atoms with Crippen LogP contribution in [0.4, 0.5) is 0 Å². The van der Waals surface area contributed by atoms with Crippen molar-refractivity contribution in [2.45, 2.75) is 32.1 Å². The van der Waals surface area contributed by atoms with Gasteiger partial charge in [-0.1, -0.05) is 6.07 Å². The van der Waals surface area contributed by atoms with Crippen LogP contribution in [0.15, 0.2) is 18.2 Å². The first kappa shape index (κ1) is 14.8. The predicted molar refractivity (Wildman–Crippen MR) is 72.2 cm³/mol. The van der Waals surface area contributed by atoms with Crippen LogP contribution in [0.5, 0.6) is 5.75 Å². The molecule has 4 heteroatoms. The van der Waals surface area contributed by atoms with Gasteiger partial charge in [0.2, 0.25) is 0 Å². The molecule has 0 N–H and O–H groups in total. The molecule has 1 atom stereocenters. The number of hydrogen-bond acceptors (Lipinski definition) is 3. The number of aryl methyl sites for hydroxylation is 1. The van der Waals surface area contributed by atoms with E-state index in [4.69, 9.17) is 21.1 Å². The number of rotatable bonds is 6. The maximum Gasteiger partial charge on any atom is 0.305 e. The molecule has 0 saturated heterocycles. The molecule has 18 heavy (non-hydrogen) atoms. The Morgan fingerprint density at radius 2 is 2.17 bits per heavy atom. The van der Waals surface area contributed by atoms with Crippen molar-refractivity contribution in [3.63, 3.8) is 0 Å². The molecule has 0 aliphatic rings. The molecule has 0 heterocycles. The predicted octanol–water partition coefficient (Wildman–Crippen LogP) is 3.63. The number of methoxy groups -OCH3 is 1. The van der Waals surface area contributed by atoms with Crippen LogP contribution < -0.4 is 4.74 Å². The van der Waals surface area contributed by atoms with E-state index in [0.29, 0.717) is 19.4 Å². The highest BCUT2D eigenvalue weighted by molar-refractivity contribution is 6.21. The summed E-state index contributed by atoms with van der Waals surface area (Å²) in [7, 11) is 1.63. The van der Waals surface area contributed by atoms with Crippen molar-refractivity contribution < 1.29 is 14.3 Å². The van der Waals surface area contributed by atoms with Crippen molar-refractivity contribution in [2.75, 3.05) is 13.7 Å². The van der Waals surface area contributed by atoms with Crippen LogP contribution in [-0.4, -0.2) is 19.7 Å². The molecule has 1 rings (SSSR count). The largest absolute Gasteiger partial charge is 0.497 e. The topological polar surface area (TPSA) is 35.5 Å². The van der Waals surface area contributed by atoms with Gasteiger partial charge in [0.05, 0.1) is 19.1 Å². The van der Waals surface area contributed by atoms with Crippen molar-refractivity contribution in [1.82, 2.24) is 0 Å². The summed E-state index contributed by atoms with van der Waals surface area (Å²) >= 11 is 6.30. The molecule has 0 aliphatic carbocycles. The highest BCUT2D eigenvalue weighted by atomic mass is 35.5. The fourth-order valence-electron chi connectivity index (χ4n) is 1.76. The summed E-state index contributed by atoms with van der Waals surface area (Å²) < 4.78 is 10.0. The van der Waals surface area contributed by atoms with E-state index < -0.39 is 0 Å². The van der Waals surface area contributed by atoms with E-state index in [1.165, 1.54) is 0 Å². The van der Waals surface area contributed by atoms with Crippen LogP contribution in [0, 0.1) is 6.92 Å². The van der Waals surface area contributed by atoms with Gasteiger partial charge in [-0.25, -0.2) is 0 Å². The first-order valence-corrected chi connectivity index (χ1v) is 6.46. The van der Waals surface area contributed by atoms with Gasteiger partial charge in [0.25, 0.3) is 0 Å². The highest BCUT2D eigenvalue weighted by Gasteiger charge is 2.13. The summed E-state index contributed by atoms with van der Waals surface area (Å²) in [6.45, 7) is 4.19. The maximum absolute atomic E-state index is 11.3. The molecule has 1 aromatic rings. The van der Waals surface area contributed by atoms with E-state index in [1.54, 1.807) is 14.0 Å². The second kappa shape index (κ2) is 7.27. The van der Waals surface area contributed by atoms with Gasteiger partial charge in [-0.15, -0.1) is 11.6 Å². The van der Waals surface area contributed by atoms with Crippen LogP contribution in [0.2, 0.25) is 0 Å². The SMILES string of the molecule is CCOC(=O)CCC(Cl)c1ccc(OC)cc1C. The molecule has 100 valence electrons. The van der Waals surface area contributed by atoms with Crippen LogP contribution >= 0.6 is 11.6 Å². The third-order valence-electron chi connectivity index (χ3n) is 2.72. The zero-order chi connectivity index (χ0) is 13.5. The average molecular weight is 271 g/mol. The fourth-order valence-corrected chi connectivity index (χ4v) is 2.11. The lowest BCUT2D eigenvalue weighted by Crippen LogP contribution is -2.05. The summed E-state index contributed by atoms with van der Waals surface area (Å²) in [4.78, 5) is 11.3. The molecule has 0 radical (unpaired) electrons. The van der Waals surface area contributed by atoms with Crippen molar-refractivity contribution >= 4 is 17.6 Å². The van der Waals surface area contributed by atoms with Crippen LogP contribution in [0.3, 0.4) is 0 Å². The lowest BCUT2D eigenvalue weighted by molar-refractivity contribution is -0.143. The van der Waals surface area contributed by atoms with E-state index in [9.17, 15) is 4.79 Å². The van der Waals surface area contributed by atoms with Gasteiger partial charge in [0.15, 0.2) is 0 Å². The Morgan fingerprint density at radius 3 is 2.72 bits per heavy atom. The molecule has 0 spiro atoms. The molecular formula is C14H19ClO3. The highest BCUT2D eigenvalue weighted by Crippen LogP contribution is 2.30. The first-order chi connectivity index (χ1) is 8.58. The number of alkyl halides is 1. The molecule has 0 saturated carbocycles. The van der Waals surface area contributed by atoms with E-state index in [1.807, 2.05) is 25.1 Å². The quantitative estimate of drug-likeness (QED) is 0.585. The number of hydrogen-bond donors (Lipinski definition) is 0. The third kappa shape index (κ3) is 4.22. The molecule has 0 aromatic heterocycles. The second-order valence-corrected chi connectivity index (χ2v) is 4.56. The smallest absolute Gasteiger partial charge is 0.305 e. The number of benzene rings is 1. The van der Waals surface area contributed by atoms with E-state index >= 15 is 0 Å². The van der Waals surface area contributed by atoms with Gasteiger partial charge in [-0.3, -0.25) is 4.79 Å². The van der Waals surface area contributed by atoms with Crippen molar-refractivity contribution in [1.29, 1.82) is 0 Å². The zero-order valence-corrected chi connectivity index (χ0v) is 11.8. The van der Waals surface area contributed by atoms with Gasteiger partial charge < -0.3 is 9.47 Å². The van der Waals surface area contributed by atoms with Gasteiger partial charge in [-0.05, 0) is 43.5 Å². The summed E-state index contributed by atoms with van der Waals surface area (Å²) in [6, 6.07) is 5.76. The zero-order valence-electron chi connectivity index (χ0n) is 11.0. The van der Waals surface area contributed by atoms with E-state index in [2.05, 4.69) is 0 Å². The fraction of sp³-hybridized carbons (Fsp3) is 0.500. The third-order valence-corrected chi connectivity index (χ3v) is 3.17. The first-order valence-electron chi connectivity index (χ1n) is 6.02. The minimum Gasteiger partial charge on any atom is -0.497 e. The van der Waals surface area contributed by atoms with Gasteiger partial charge >= 0.3 is 5.97 Å². The summed E-state index contributed by atoms with van der Waals surface area (Å²) in [5, 5.41) is -0.180. The minimum absolute atomic E-state index is 0.180. The van der Waals surface area contributed by atoms with Crippen molar-refractivity contribution in [3.8, 4) is 5.75 Å². The van der Waals surface area contributed by atoms with Gasteiger partial charge in [0.1, 0.15) is 5.75 Å². The lowest BCUT2D eigenvalue weighted by Gasteiger charge is -2.13. The molecule has 0 fully saturated rings. The number of carbonyl (C=O) groups is 1. The van der Waals surface area contributed by atoms with E-state index in [-0.39, 0.29) is 11.3 Å². The standard InChI is InChI=1S/C14H19ClO3/c1-4-18-14(16)8-7-13(15)12-6-5-11(17-3)9-10(12)2/h5-6,9,13H,4,7-8H2,1-3H3. The number of esters is 1. The number of ether oxygens (including phenoxy) is 2. The number of carbonyl (C=O) groups excluding carboxylic acids is 1. The van der Waals surface area contributed by atoms with Gasteiger partial charge in [-0.2, -0.15) is 0 Å². The normalized spacial score (nSPS) is 12.0. The Balaban J connectivity index is 2.61. The number of halogens is 1. The van der Waals surface area contributed by atoms with E-state index in [0.717, 1.165) is 16.9 Å². The molecular weight excluding hydrogens is 252 g/mol. The summed E-state index contributed by atoms with van der Waals surface area (Å²) in [6.07, 6.45) is 0.918. The maximum atomic E-state index is 11.3. The lowest BCUT2D eigenvalue weighted by atomic mass is 10.0. The molecule has 0 bridgehead atoms. The second-order valence-electron chi connectivity index (χ2n) is 4.03. The molecule has 3 nitrogen and oxygen atoms in total. The Labute approximate surface area is 113 Å². The molecule has 1 unspecified atom stereocenters. The Hall–Kier alpha value is -1.22. The van der Waals surface area contributed by atoms with Crippen molar-refractivity contribution in [3.05, 3.63) is 29.3 Å². The van der Waals surface area contributed by atoms with Crippen LogP contribution in [0.1, 0.15) is 36.3 Å². The molecule has 0 amide bonds. The summed E-state index contributed by atoms with van der Waals surface area (Å²) in [5.74, 6) is 0.611. The Morgan fingerprint density at radius 1 is 1.44 bits per heavy atom. The van der Waals surface area contributed by atoms with Crippen LogP contribution in [-0.2, 0) is 9.53 Å². The van der Waals surface area contributed by atoms with Gasteiger partial charge in [0, 0.05) is 6.42 Å². The molecule has 1 aromatic carbocycles. The monoisotopic (exact) mass is 270 g/mol. The Bertz CT molecular complexity index is 404. The Kier molecular flexibility index (Phi) is 5.99. The molecule has 0 aliphatic heterocycles. The summed E-state index contributed by atoms with van der Waals surface area (Å²) in [5.41, 5.74) is 2.10.